The first-order valence-corrected chi connectivity index (χ1v) is 4.65. The molecule has 0 unspecified atom stereocenters. The van der Waals surface area contributed by atoms with Crippen molar-refractivity contribution in [2.24, 2.45) is 0 Å². The highest BCUT2D eigenvalue weighted by Gasteiger charge is 2.06. The minimum Gasteiger partial charge on any atom is -0.395 e. The molecule has 0 bridgehead atoms. The Bertz CT molecular complexity index is 373. The van der Waals surface area contributed by atoms with E-state index in [1.807, 2.05) is 6.07 Å². The molecule has 80 valence electrons. The number of aliphatic hydroxyl groups excluding tert-OH is 1. The largest absolute Gasteiger partial charge is 0.395 e. The summed E-state index contributed by atoms with van der Waals surface area (Å²) in [7, 11) is 1.79. The summed E-state index contributed by atoms with van der Waals surface area (Å²) < 4.78 is 13.3. The number of likely N-dealkylation sites (N-methyl/N-ethyl adjacent to an activating group) is 1. The Morgan fingerprint density at radius 3 is 2.87 bits per heavy atom. The van der Waals surface area contributed by atoms with Gasteiger partial charge in [-0.25, -0.2) is 4.39 Å². The van der Waals surface area contributed by atoms with Crippen LogP contribution in [0.1, 0.15) is 11.1 Å². The average Bonchev–Trinajstić information content (AvgIpc) is 2.21. The Morgan fingerprint density at radius 2 is 2.27 bits per heavy atom. The highest BCUT2D eigenvalue weighted by atomic mass is 19.1. The summed E-state index contributed by atoms with van der Waals surface area (Å²) in [5.41, 5.74) is 0.925. The predicted molar refractivity (Wildman–Crippen MR) is 54.5 cm³/mol. The molecule has 15 heavy (non-hydrogen) atoms. The third-order valence-corrected chi connectivity index (χ3v) is 2.10. The Hall–Kier alpha value is -1.44. The van der Waals surface area contributed by atoms with E-state index in [-0.39, 0.29) is 12.4 Å². The van der Waals surface area contributed by atoms with Crippen LogP contribution in [0, 0.1) is 17.1 Å². The lowest BCUT2D eigenvalue weighted by Crippen LogP contribution is -2.22. The van der Waals surface area contributed by atoms with Gasteiger partial charge in [0.05, 0.1) is 18.2 Å². The third-order valence-electron chi connectivity index (χ3n) is 2.10. The zero-order chi connectivity index (χ0) is 11.3. The molecule has 0 aliphatic heterocycles. The number of rotatable bonds is 4. The zero-order valence-corrected chi connectivity index (χ0v) is 8.57. The fourth-order valence-electron chi connectivity index (χ4n) is 1.31. The molecule has 0 fully saturated rings. The molecule has 0 aromatic heterocycles. The van der Waals surface area contributed by atoms with Gasteiger partial charge in [-0.3, -0.25) is 4.90 Å². The molecule has 0 atom stereocenters. The minimum atomic E-state index is -0.321. The van der Waals surface area contributed by atoms with Crippen molar-refractivity contribution in [2.45, 2.75) is 6.54 Å². The van der Waals surface area contributed by atoms with Crippen LogP contribution in [0.15, 0.2) is 18.2 Å². The molecular weight excluding hydrogens is 195 g/mol. The summed E-state index contributed by atoms with van der Waals surface area (Å²) in [4.78, 5) is 1.79. The van der Waals surface area contributed by atoms with Gasteiger partial charge in [-0.1, -0.05) is 0 Å². The van der Waals surface area contributed by atoms with Crippen LogP contribution in [0.2, 0.25) is 0 Å². The Kier molecular flexibility index (Phi) is 4.22. The SMILES string of the molecule is CN(CCO)Cc1cc(C#N)ccc1F. The summed E-state index contributed by atoms with van der Waals surface area (Å²) in [6.07, 6.45) is 0. The lowest BCUT2D eigenvalue weighted by Gasteiger charge is -2.15. The van der Waals surface area contributed by atoms with Crippen molar-refractivity contribution in [2.75, 3.05) is 20.2 Å². The quantitative estimate of drug-likeness (QED) is 0.806. The van der Waals surface area contributed by atoms with Crippen LogP contribution in [0.3, 0.4) is 0 Å². The first kappa shape index (κ1) is 11.6. The van der Waals surface area contributed by atoms with Crippen molar-refractivity contribution < 1.29 is 9.50 Å². The molecule has 1 aromatic carbocycles. The fourth-order valence-corrected chi connectivity index (χ4v) is 1.31. The van der Waals surface area contributed by atoms with E-state index in [0.29, 0.717) is 24.2 Å². The Balaban J connectivity index is 2.80. The van der Waals surface area contributed by atoms with E-state index in [1.165, 1.54) is 18.2 Å². The maximum atomic E-state index is 13.3. The number of nitriles is 1. The highest BCUT2D eigenvalue weighted by molar-refractivity contribution is 5.33. The standard InChI is InChI=1S/C11H13FN2O/c1-14(4-5-15)8-10-6-9(7-13)2-3-11(10)12/h2-3,6,15H,4-5,8H2,1H3. The number of aliphatic hydroxyl groups is 1. The van der Waals surface area contributed by atoms with E-state index in [1.54, 1.807) is 11.9 Å². The molecular formula is C11H13FN2O. The number of hydrogen-bond acceptors (Lipinski definition) is 3. The molecule has 0 spiro atoms. The maximum absolute atomic E-state index is 13.3. The molecule has 1 rings (SSSR count). The Morgan fingerprint density at radius 1 is 1.53 bits per heavy atom. The number of benzene rings is 1. The van der Waals surface area contributed by atoms with E-state index >= 15 is 0 Å². The molecule has 0 aliphatic carbocycles. The molecule has 0 saturated heterocycles. The summed E-state index contributed by atoms with van der Waals surface area (Å²) in [6, 6.07) is 6.24. The zero-order valence-electron chi connectivity index (χ0n) is 8.57. The van der Waals surface area contributed by atoms with Gasteiger partial charge in [0.25, 0.3) is 0 Å². The first-order valence-electron chi connectivity index (χ1n) is 4.65. The van der Waals surface area contributed by atoms with Gasteiger partial charge in [0, 0.05) is 18.7 Å². The summed E-state index contributed by atoms with van der Waals surface area (Å²) in [5, 5.41) is 17.4. The van der Waals surface area contributed by atoms with Crippen molar-refractivity contribution in [1.29, 1.82) is 5.26 Å². The van der Waals surface area contributed by atoms with Crippen molar-refractivity contribution in [3.8, 4) is 6.07 Å². The normalized spacial score (nSPS) is 10.3. The van der Waals surface area contributed by atoms with Gasteiger partial charge in [0.2, 0.25) is 0 Å². The van der Waals surface area contributed by atoms with E-state index < -0.39 is 0 Å². The second kappa shape index (κ2) is 5.44. The molecule has 0 amide bonds. The minimum absolute atomic E-state index is 0.0378. The maximum Gasteiger partial charge on any atom is 0.127 e. The third kappa shape index (κ3) is 3.31. The summed E-state index contributed by atoms with van der Waals surface area (Å²) in [6.45, 7) is 0.911. The molecule has 3 nitrogen and oxygen atoms in total. The summed E-state index contributed by atoms with van der Waals surface area (Å²) in [5.74, 6) is -0.321. The van der Waals surface area contributed by atoms with Crippen LogP contribution >= 0.6 is 0 Å². The second-order valence-electron chi connectivity index (χ2n) is 3.38. The highest BCUT2D eigenvalue weighted by Crippen LogP contribution is 2.11. The van der Waals surface area contributed by atoms with Gasteiger partial charge in [0.1, 0.15) is 5.82 Å². The van der Waals surface area contributed by atoms with Gasteiger partial charge >= 0.3 is 0 Å². The number of nitrogens with zero attached hydrogens (tertiary/aromatic N) is 2. The molecule has 0 aliphatic rings. The molecule has 0 saturated carbocycles. The van der Waals surface area contributed by atoms with E-state index in [2.05, 4.69) is 0 Å². The molecule has 1 aromatic rings. The number of hydrogen-bond donors (Lipinski definition) is 1. The Labute approximate surface area is 88.4 Å². The van der Waals surface area contributed by atoms with Crippen molar-refractivity contribution in [1.82, 2.24) is 4.90 Å². The molecule has 4 heteroatoms. The van der Waals surface area contributed by atoms with E-state index in [0.717, 1.165) is 0 Å². The van der Waals surface area contributed by atoms with Gasteiger partial charge in [-0.15, -0.1) is 0 Å². The van der Waals surface area contributed by atoms with E-state index in [4.69, 9.17) is 10.4 Å². The van der Waals surface area contributed by atoms with Crippen molar-refractivity contribution in [3.05, 3.63) is 35.1 Å². The van der Waals surface area contributed by atoms with Crippen LogP contribution in [0.25, 0.3) is 0 Å². The van der Waals surface area contributed by atoms with Crippen LogP contribution in [0.4, 0.5) is 4.39 Å². The van der Waals surface area contributed by atoms with Crippen LogP contribution in [-0.4, -0.2) is 30.2 Å². The van der Waals surface area contributed by atoms with Crippen LogP contribution in [-0.2, 0) is 6.54 Å². The second-order valence-corrected chi connectivity index (χ2v) is 3.38. The van der Waals surface area contributed by atoms with Gasteiger partial charge in [0.15, 0.2) is 0 Å². The van der Waals surface area contributed by atoms with Gasteiger partial charge in [-0.05, 0) is 25.2 Å². The molecule has 0 radical (unpaired) electrons. The van der Waals surface area contributed by atoms with Crippen molar-refractivity contribution in [3.63, 3.8) is 0 Å². The predicted octanol–water partition coefficient (Wildman–Crippen LogP) is 1.12. The lowest BCUT2D eigenvalue weighted by molar-refractivity contribution is 0.216. The van der Waals surface area contributed by atoms with Crippen LogP contribution in [0.5, 0.6) is 0 Å². The number of halogens is 1. The summed E-state index contributed by atoms with van der Waals surface area (Å²) >= 11 is 0. The monoisotopic (exact) mass is 208 g/mol. The average molecular weight is 208 g/mol. The molecule has 1 N–H and O–H groups in total. The fraction of sp³-hybridized carbons (Fsp3) is 0.364. The lowest BCUT2D eigenvalue weighted by atomic mass is 10.1. The van der Waals surface area contributed by atoms with E-state index in [9.17, 15) is 4.39 Å². The van der Waals surface area contributed by atoms with Gasteiger partial charge in [-0.2, -0.15) is 5.26 Å². The molecule has 0 heterocycles. The topological polar surface area (TPSA) is 47.3 Å². The smallest absolute Gasteiger partial charge is 0.127 e. The van der Waals surface area contributed by atoms with Gasteiger partial charge < -0.3 is 5.11 Å². The van der Waals surface area contributed by atoms with Crippen LogP contribution < -0.4 is 0 Å². The first-order chi connectivity index (χ1) is 7.17. The van der Waals surface area contributed by atoms with Crippen molar-refractivity contribution >= 4 is 0 Å².